The molecule has 0 heterocycles. The van der Waals surface area contributed by atoms with Gasteiger partial charge in [-0.3, -0.25) is 4.79 Å². The number of benzene rings is 1. The Balaban J connectivity index is 1.80. The van der Waals surface area contributed by atoms with Crippen LogP contribution in [0.25, 0.3) is 0 Å². The summed E-state index contributed by atoms with van der Waals surface area (Å²) in [6.07, 6.45) is 4.83. The number of amides is 1. The fourth-order valence-electron chi connectivity index (χ4n) is 2.82. The molecule has 1 aliphatic carbocycles. The van der Waals surface area contributed by atoms with Crippen LogP contribution in [0.4, 0.5) is 0 Å². The fourth-order valence-corrected chi connectivity index (χ4v) is 3.09. The minimum absolute atomic E-state index is 0.0847. The largest absolute Gasteiger partial charge is 0.353 e. The van der Waals surface area contributed by atoms with Gasteiger partial charge in [0.25, 0.3) is 0 Å². The van der Waals surface area contributed by atoms with Crippen LogP contribution in [0.5, 0.6) is 0 Å². The monoisotopic (exact) mass is 338 g/mol. The molecule has 3 nitrogen and oxygen atoms in total. The summed E-state index contributed by atoms with van der Waals surface area (Å²) in [5.41, 5.74) is 7.12. The van der Waals surface area contributed by atoms with Crippen molar-refractivity contribution in [1.29, 1.82) is 0 Å². The van der Waals surface area contributed by atoms with Crippen molar-refractivity contribution in [2.24, 2.45) is 11.1 Å². The Bertz CT molecular complexity index is 449. The van der Waals surface area contributed by atoms with Crippen molar-refractivity contribution in [3.05, 3.63) is 34.3 Å². The summed E-state index contributed by atoms with van der Waals surface area (Å²) in [5, 5.41) is 3.09. The van der Waals surface area contributed by atoms with Gasteiger partial charge in [-0.1, -0.05) is 34.5 Å². The molecular formula is C16H23BrN2O. The topological polar surface area (TPSA) is 55.1 Å². The molecule has 0 aromatic heterocycles. The Morgan fingerprint density at radius 1 is 1.40 bits per heavy atom. The highest BCUT2D eigenvalue weighted by Gasteiger charge is 2.37. The summed E-state index contributed by atoms with van der Waals surface area (Å²) < 4.78 is 1.08. The van der Waals surface area contributed by atoms with E-state index in [9.17, 15) is 4.79 Å². The third-order valence-electron chi connectivity index (χ3n) is 4.25. The molecule has 1 aliphatic rings. The normalized spacial score (nSPS) is 18.1. The third-order valence-corrected chi connectivity index (χ3v) is 4.77. The molecule has 2 rings (SSSR count). The van der Waals surface area contributed by atoms with Gasteiger partial charge in [-0.2, -0.15) is 0 Å². The van der Waals surface area contributed by atoms with E-state index in [1.165, 1.54) is 12.0 Å². The average molecular weight is 339 g/mol. The van der Waals surface area contributed by atoms with Crippen molar-refractivity contribution >= 4 is 21.8 Å². The molecule has 0 spiro atoms. The van der Waals surface area contributed by atoms with E-state index in [1.807, 2.05) is 12.1 Å². The van der Waals surface area contributed by atoms with Crippen molar-refractivity contribution in [3.63, 3.8) is 0 Å². The van der Waals surface area contributed by atoms with E-state index in [0.717, 1.165) is 23.7 Å². The van der Waals surface area contributed by atoms with Gasteiger partial charge < -0.3 is 11.1 Å². The Labute approximate surface area is 129 Å². The lowest BCUT2D eigenvalue weighted by Crippen LogP contribution is -2.44. The van der Waals surface area contributed by atoms with Crippen molar-refractivity contribution in [3.8, 4) is 0 Å². The molecule has 1 amide bonds. The highest BCUT2D eigenvalue weighted by molar-refractivity contribution is 9.10. The SMILES string of the molecule is CC(Cc1ccc(Br)cc1)NC(=O)CC1(CN)CCC1. The number of halogens is 1. The van der Waals surface area contributed by atoms with Crippen molar-refractivity contribution in [1.82, 2.24) is 5.32 Å². The van der Waals surface area contributed by atoms with E-state index < -0.39 is 0 Å². The van der Waals surface area contributed by atoms with Crippen LogP contribution in [0, 0.1) is 5.41 Å². The number of carbonyl (C=O) groups is 1. The molecule has 0 radical (unpaired) electrons. The number of carbonyl (C=O) groups excluding carboxylic acids is 1. The van der Waals surface area contributed by atoms with E-state index in [4.69, 9.17) is 5.73 Å². The molecule has 1 atom stereocenters. The molecule has 1 aromatic carbocycles. The lowest BCUT2D eigenvalue weighted by atomic mass is 9.66. The average Bonchev–Trinajstić information content (AvgIpc) is 2.36. The van der Waals surface area contributed by atoms with Crippen LogP contribution in [0.3, 0.4) is 0 Å². The van der Waals surface area contributed by atoms with Gasteiger partial charge in [-0.15, -0.1) is 0 Å². The fraction of sp³-hybridized carbons (Fsp3) is 0.562. The van der Waals surface area contributed by atoms with Gasteiger partial charge in [0.15, 0.2) is 0 Å². The summed E-state index contributed by atoms with van der Waals surface area (Å²) in [7, 11) is 0. The summed E-state index contributed by atoms with van der Waals surface area (Å²) in [6, 6.07) is 8.38. The molecule has 0 bridgehead atoms. The van der Waals surface area contributed by atoms with Gasteiger partial charge in [0, 0.05) is 16.9 Å². The van der Waals surface area contributed by atoms with Gasteiger partial charge >= 0.3 is 0 Å². The predicted octanol–water partition coefficient (Wildman–Crippen LogP) is 3.02. The van der Waals surface area contributed by atoms with Crippen LogP contribution < -0.4 is 11.1 Å². The first-order valence-corrected chi connectivity index (χ1v) is 8.06. The number of hydrogen-bond acceptors (Lipinski definition) is 2. The Morgan fingerprint density at radius 2 is 2.05 bits per heavy atom. The Hall–Kier alpha value is -0.870. The van der Waals surface area contributed by atoms with Crippen LogP contribution in [0.15, 0.2) is 28.7 Å². The van der Waals surface area contributed by atoms with Crippen LogP contribution >= 0.6 is 15.9 Å². The second-order valence-electron chi connectivity index (χ2n) is 6.03. The quantitative estimate of drug-likeness (QED) is 0.837. The molecule has 3 N–H and O–H groups in total. The molecule has 1 fully saturated rings. The molecule has 0 aliphatic heterocycles. The van der Waals surface area contributed by atoms with E-state index >= 15 is 0 Å². The van der Waals surface area contributed by atoms with Gasteiger partial charge in [-0.05, 0) is 55.8 Å². The zero-order chi connectivity index (χ0) is 14.6. The van der Waals surface area contributed by atoms with Crippen molar-refractivity contribution in [2.75, 3.05) is 6.54 Å². The first-order valence-electron chi connectivity index (χ1n) is 7.27. The van der Waals surface area contributed by atoms with Crippen molar-refractivity contribution in [2.45, 2.75) is 45.1 Å². The highest BCUT2D eigenvalue weighted by atomic mass is 79.9. The predicted molar refractivity (Wildman–Crippen MR) is 85.4 cm³/mol. The highest BCUT2D eigenvalue weighted by Crippen LogP contribution is 2.42. The summed E-state index contributed by atoms with van der Waals surface area (Å²) in [4.78, 5) is 12.1. The maximum Gasteiger partial charge on any atom is 0.220 e. The van der Waals surface area contributed by atoms with Crippen LogP contribution in [0.1, 0.15) is 38.2 Å². The second-order valence-corrected chi connectivity index (χ2v) is 6.95. The molecule has 1 aromatic rings. The number of nitrogens with two attached hydrogens (primary N) is 1. The molecule has 20 heavy (non-hydrogen) atoms. The van der Waals surface area contributed by atoms with Crippen LogP contribution in [-0.4, -0.2) is 18.5 Å². The third kappa shape index (κ3) is 4.06. The summed E-state index contributed by atoms with van der Waals surface area (Å²) in [5.74, 6) is 0.139. The van der Waals surface area contributed by atoms with E-state index in [1.54, 1.807) is 0 Å². The van der Waals surface area contributed by atoms with Gasteiger partial charge in [-0.25, -0.2) is 0 Å². The lowest BCUT2D eigenvalue weighted by molar-refractivity contribution is -0.125. The molecule has 0 saturated heterocycles. The van der Waals surface area contributed by atoms with Crippen LogP contribution in [-0.2, 0) is 11.2 Å². The second kappa shape index (κ2) is 6.72. The molecule has 110 valence electrons. The number of hydrogen-bond donors (Lipinski definition) is 2. The lowest BCUT2D eigenvalue weighted by Gasteiger charge is -2.40. The van der Waals surface area contributed by atoms with Crippen LogP contribution in [0.2, 0.25) is 0 Å². The Kier molecular flexibility index (Phi) is 5.22. The summed E-state index contributed by atoms with van der Waals surface area (Å²) in [6.45, 7) is 2.68. The maximum atomic E-state index is 12.1. The van der Waals surface area contributed by atoms with E-state index in [2.05, 4.69) is 40.3 Å². The Morgan fingerprint density at radius 3 is 2.55 bits per heavy atom. The standard InChI is InChI=1S/C16H23BrN2O/c1-12(9-13-3-5-14(17)6-4-13)19-15(20)10-16(11-18)7-2-8-16/h3-6,12H,2,7-11,18H2,1H3,(H,19,20). The van der Waals surface area contributed by atoms with Crippen molar-refractivity contribution < 1.29 is 4.79 Å². The minimum Gasteiger partial charge on any atom is -0.353 e. The van der Waals surface area contributed by atoms with E-state index in [-0.39, 0.29) is 17.4 Å². The smallest absolute Gasteiger partial charge is 0.220 e. The molecule has 4 heteroatoms. The molecular weight excluding hydrogens is 316 g/mol. The number of rotatable bonds is 6. The molecule has 1 saturated carbocycles. The zero-order valence-electron chi connectivity index (χ0n) is 12.0. The van der Waals surface area contributed by atoms with Gasteiger partial charge in [0.05, 0.1) is 0 Å². The zero-order valence-corrected chi connectivity index (χ0v) is 13.6. The van der Waals surface area contributed by atoms with E-state index in [0.29, 0.717) is 13.0 Å². The number of nitrogens with one attached hydrogen (secondary N) is 1. The first-order chi connectivity index (χ1) is 9.53. The van der Waals surface area contributed by atoms with Gasteiger partial charge in [0.2, 0.25) is 5.91 Å². The minimum atomic E-state index is 0.0847. The molecule has 1 unspecified atom stereocenters. The maximum absolute atomic E-state index is 12.1. The first kappa shape index (κ1) is 15.5. The van der Waals surface area contributed by atoms with Gasteiger partial charge in [0.1, 0.15) is 0 Å². The summed E-state index contributed by atoms with van der Waals surface area (Å²) >= 11 is 3.43.